The average molecular weight is 181 g/mol. The van der Waals surface area contributed by atoms with Gasteiger partial charge in [0.1, 0.15) is 0 Å². The minimum Gasteiger partial charge on any atom is -0.380 e. The Morgan fingerprint density at radius 1 is 1.46 bits per heavy atom. The fourth-order valence-corrected chi connectivity index (χ4v) is 2.03. The van der Waals surface area contributed by atoms with Gasteiger partial charge in [0.2, 0.25) is 0 Å². The van der Waals surface area contributed by atoms with Crippen LogP contribution in [0.3, 0.4) is 0 Å². The maximum atomic E-state index is 9.13. The second kappa shape index (κ2) is 4.62. The Morgan fingerprint density at radius 2 is 2.15 bits per heavy atom. The molecular formula is C11H19NO. The molecular weight excluding hydrogens is 162 g/mol. The Bertz CT molecular complexity index is 185. The van der Waals surface area contributed by atoms with E-state index >= 15 is 0 Å². The summed E-state index contributed by atoms with van der Waals surface area (Å²) in [4.78, 5) is 0. The van der Waals surface area contributed by atoms with Crippen molar-refractivity contribution in [3.63, 3.8) is 0 Å². The smallest absolute Gasteiger partial charge is 0.0831 e. The number of hydrogen-bond acceptors (Lipinski definition) is 2. The Kier molecular flexibility index (Phi) is 3.74. The van der Waals surface area contributed by atoms with Gasteiger partial charge in [-0.05, 0) is 18.8 Å². The molecule has 0 saturated carbocycles. The van der Waals surface area contributed by atoms with Crippen molar-refractivity contribution in [2.75, 3.05) is 13.2 Å². The normalized spacial score (nSPS) is 27.8. The SMILES string of the molecule is CCC(CC)CC1(C#N)CCOC1. The van der Waals surface area contributed by atoms with Crippen LogP contribution in [0, 0.1) is 22.7 Å². The summed E-state index contributed by atoms with van der Waals surface area (Å²) in [6.45, 7) is 5.83. The van der Waals surface area contributed by atoms with Crippen LogP contribution in [0.1, 0.15) is 39.5 Å². The Morgan fingerprint density at radius 3 is 2.54 bits per heavy atom. The monoisotopic (exact) mass is 181 g/mol. The molecule has 13 heavy (non-hydrogen) atoms. The lowest BCUT2D eigenvalue weighted by Gasteiger charge is -2.23. The molecule has 1 rings (SSSR count). The van der Waals surface area contributed by atoms with Gasteiger partial charge in [-0.1, -0.05) is 26.7 Å². The fraction of sp³-hybridized carbons (Fsp3) is 0.909. The highest BCUT2D eigenvalue weighted by molar-refractivity contribution is 5.02. The van der Waals surface area contributed by atoms with Crippen molar-refractivity contribution in [2.45, 2.75) is 39.5 Å². The molecule has 0 spiro atoms. The van der Waals surface area contributed by atoms with Crippen LogP contribution in [0.25, 0.3) is 0 Å². The first-order valence-electron chi connectivity index (χ1n) is 5.25. The summed E-state index contributed by atoms with van der Waals surface area (Å²) >= 11 is 0. The van der Waals surface area contributed by atoms with E-state index in [2.05, 4.69) is 19.9 Å². The van der Waals surface area contributed by atoms with Gasteiger partial charge in [0, 0.05) is 6.61 Å². The lowest BCUT2D eigenvalue weighted by atomic mass is 9.78. The molecule has 1 aliphatic heterocycles. The van der Waals surface area contributed by atoms with Gasteiger partial charge in [-0.3, -0.25) is 0 Å². The predicted octanol–water partition coefficient (Wildman–Crippen LogP) is 2.74. The van der Waals surface area contributed by atoms with Gasteiger partial charge >= 0.3 is 0 Å². The van der Waals surface area contributed by atoms with Crippen LogP contribution in [0.5, 0.6) is 0 Å². The highest BCUT2D eigenvalue weighted by Gasteiger charge is 2.36. The van der Waals surface area contributed by atoms with E-state index in [0.717, 1.165) is 19.4 Å². The van der Waals surface area contributed by atoms with E-state index in [1.54, 1.807) is 0 Å². The molecule has 1 aliphatic rings. The van der Waals surface area contributed by atoms with Crippen molar-refractivity contribution in [1.82, 2.24) is 0 Å². The minimum absolute atomic E-state index is 0.156. The first-order valence-corrected chi connectivity index (χ1v) is 5.25. The van der Waals surface area contributed by atoms with Crippen molar-refractivity contribution in [3.05, 3.63) is 0 Å². The Balaban J connectivity index is 2.53. The van der Waals surface area contributed by atoms with E-state index in [0.29, 0.717) is 12.5 Å². The van der Waals surface area contributed by atoms with Gasteiger partial charge in [0.25, 0.3) is 0 Å². The quantitative estimate of drug-likeness (QED) is 0.668. The van der Waals surface area contributed by atoms with Crippen LogP contribution in [-0.2, 0) is 4.74 Å². The summed E-state index contributed by atoms with van der Waals surface area (Å²) in [5.41, 5.74) is -0.156. The highest BCUT2D eigenvalue weighted by atomic mass is 16.5. The van der Waals surface area contributed by atoms with Crippen LogP contribution < -0.4 is 0 Å². The number of hydrogen-bond donors (Lipinski definition) is 0. The molecule has 2 heteroatoms. The summed E-state index contributed by atoms with van der Waals surface area (Å²) in [7, 11) is 0. The third-order valence-electron chi connectivity index (χ3n) is 3.17. The summed E-state index contributed by atoms with van der Waals surface area (Å²) in [6, 6.07) is 2.45. The van der Waals surface area contributed by atoms with Crippen molar-refractivity contribution < 1.29 is 4.74 Å². The third kappa shape index (κ3) is 2.45. The fourth-order valence-electron chi connectivity index (χ4n) is 2.03. The number of ether oxygens (including phenoxy) is 1. The first-order chi connectivity index (χ1) is 6.26. The molecule has 0 radical (unpaired) electrons. The van der Waals surface area contributed by atoms with E-state index in [4.69, 9.17) is 10.00 Å². The van der Waals surface area contributed by atoms with Crippen LogP contribution in [0.4, 0.5) is 0 Å². The van der Waals surface area contributed by atoms with E-state index in [1.807, 2.05) is 0 Å². The van der Waals surface area contributed by atoms with E-state index < -0.39 is 0 Å². The molecule has 0 aromatic rings. The number of rotatable bonds is 4. The standard InChI is InChI=1S/C11H19NO/c1-3-10(4-2)7-11(8-12)5-6-13-9-11/h10H,3-7,9H2,1-2H3. The Labute approximate surface area is 80.9 Å². The molecule has 74 valence electrons. The average Bonchev–Trinajstić information content (AvgIpc) is 2.63. The molecule has 1 fully saturated rings. The lowest BCUT2D eigenvalue weighted by molar-refractivity contribution is 0.159. The lowest BCUT2D eigenvalue weighted by Crippen LogP contribution is -2.22. The van der Waals surface area contributed by atoms with Gasteiger partial charge in [-0.25, -0.2) is 0 Å². The highest BCUT2D eigenvalue weighted by Crippen LogP contribution is 2.36. The second-order valence-electron chi connectivity index (χ2n) is 4.08. The summed E-state index contributed by atoms with van der Waals surface area (Å²) in [5.74, 6) is 0.696. The van der Waals surface area contributed by atoms with E-state index in [-0.39, 0.29) is 5.41 Å². The van der Waals surface area contributed by atoms with Gasteiger partial charge in [0.05, 0.1) is 18.1 Å². The zero-order chi connectivity index (χ0) is 9.73. The molecule has 0 bridgehead atoms. The molecule has 2 nitrogen and oxygen atoms in total. The topological polar surface area (TPSA) is 33.0 Å². The first kappa shape index (κ1) is 10.5. The maximum Gasteiger partial charge on any atom is 0.0831 e. The molecule has 0 aromatic carbocycles. The molecule has 1 atom stereocenters. The Hall–Kier alpha value is -0.550. The largest absolute Gasteiger partial charge is 0.380 e. The zero-order valence-electron chi connectivity index (χ0n) is 8.68. The molecule has 1 saturated heterocycles. The second-order valence-corrected chi connectivity index (χ2v) is 4.08. The molecule has 0 N–H and O–H groups in total. The maximum absolute atomic E-state index is 9.13. The van der Waals surface area contributed by atoms with Gasteiger partial charge in [-0.15, -0.1) is 0 Å². The molecule has 0 aromatic heterocycles. The summed E-state index contributed by atoms with van der Waals surface area (Å²) in [6.07, 6.45) is 4.32. The van der Waals surface area contributed by atoms with Crippen LogP contribution in [0.15, 0.2) is 0 Å². The summed E-state index contributed by atoms with van der Waals surface area (Å²) in [5, 5.41) is 9.13. The van der Waals surface area contributed by atoms with E-state index in [9.17, 15) is 0 Å². The summed E-state index contributed by atoms with van der Waals surface area (Å²) < 4.78 is 5.32. The van der Waals surface area contributed by atoms with Crippen LogP contribution >= 0.6 is 0 Å². The third-order valence-corrected chi connectivity index (χ3v) is 3.17. The van der Waals surface area contributed by atoms with Crippen molar-refractivity contribution in [2.24, 2.45) is 11.3 Å². The molecule has 0 aliphatic carbocycles. The van der Waals surface area contributed by atoms with Crippen LogP contribution in [-0.4, -0.2) is 13.2 Å². The van der Waals surface area contributed by atoms with Gasteiger partial charge < -0.3 is 4.74 Å². The predicted molar refractivity (Wildman–Crippen MR) is 52.2 cm³/mol. The number of nitriles is 1. The van der Waals surface area contributed by atoms with Gasteiger partial charge in [0.15, 0.2) is 0 Å². The molecule has 0 amide bonds. The molecule has 1 unspecified atom stereocenters. The van der Waals surface area contributed by atoms with Crippen LogP contribution in [0.2, 0.25) is 0 Å². The minimum atomic E-state index is -0.156. The van der Waals surface area contributed by atoms with Crippen molar-refractivity contribution >= 4 is 0 Å². The number of nitrogens with zero attached hydrogens (tertiary/aromatic N) is 1. The van der Waals surface area contributed by atoms with E-state index in [1.165, 1.54) is 12.8 Å². The van der Waals surface area contributed by atoms with Crippen molar-refractivity contribution in [1.29, 1.82) is 5.26 Å². The zero-order valence-corrected chi connectivity index (χ0v) is 8.68. The molecule has 1 heterocycles. The van der Waals surface area contributed by atoms with Gasteiger partial charge in [-0.2, -0.15) is 5.26 Å². The van der Waals surface area contributed by atoms with Crippen molar-refractivity contribution in [3.8, 4) is 6.07 Å².